The molecule has 164 valence electrons. The number of allylic oxidation sites excluding steroid dienone is 2. The SMILES string of the molecule is CCCCCc1cc2c(c(OC(C)=O)c1C(=O)OC)[C@@H]1CC(C)=CC[C@H]1C(C)(C)O2. The predicted octanol–water partition coefficient (Wildman–Crippen LogP) is 5.74. The highest BCUT2D eigenvalue weighted by Crippen LogP contribution is 2.55. The maximum absolute atomic E-state index is 12.8. The van der Waals surface area contributed by atoms with Crippen molar-refractivity contribution in [3.05, 3.63) is 34.4 Å². The molecule has 5 heteroatoms. The molecule has 1 aliphatic heterocycles. The number of carbonyl (C=O) groups is 2. The topological polar surface area (TPSA) is 61.8 Å². The van der Waals surface area contributed by atoms with E-state index in [1.54, 1.807) is 0 Å². The summed E-state index contributed by atoms with van der Waals surface area (Å²) in [6, 6.07) is 1.98. The summed E-state index contributed by atoms with van der Waals surface area (Å²) in [7, 11) is 1.37. The van der Waals surface area contributed by atoms with E-state index in [9.17, 15) is 9.59 Å². The molecular weight excluding hydrogens is 380 g/mol. The van der Waals surface area contributed by atoms with Crippen LogP contribution in [-0.2, 0) is 16.0 Å². The van der Waals surface area contributed by atoms with Crippen molar-refractivity contribution in [2.45, 2.75) is 84.7 Å². The lowest BCUT2D eigenvalue weighted by Gasteiger charge is -2.47. The van der Waals surface area contributed by atoms with Gasteiger partial charge in [0.15, 0.2) is 5.75 Å². The van der Waals surface area contributed by atoms with Crippen LogP contribution in [0.3, 0.4) is 0 Å². The van der Waals surface area contributed by atoms with E-state index in [4.69, 9.17) is 14.2 Å². The molecule has 1 aromatic rings. The van der Waals surface area contributed by atoms with E-state index < -0.39 is 11.9 Å². The zero-order chi connectivity index (χ0) is 22.1. The van der Waals surface area contributed by atoms with Gasteiger partial charge in [0.1, 0.15) is 16.9 Å². The highest BCUT2D eigenvalue weighted by atomic mass is 16.5. The Morgan fingerprint density at radius 3 is 2.63 bits per heavy atom. The quantitative estimate of drug-likeness (QED) is 0.257. The minimum atomic E-state index is -0.468. The number of methoxy groups -OCH3 is 1. The summed E-state index contributed by atoms with van der Waals surface area (Å²) in [5.74, 6) is 0.503. The monoisotopic (exact) mass is 414 g/mol. The van der Waals surface area contributed by atoms with E-state index in [1.807, 2.05) is 6.07 Å². The van der Waals surface area contributed by atoms with Crippen LogP contribution in [0.15, 0.2) is 17.7 Å². The standard InChI is InChI=1S/C25H34O5/c1-7-8-9-10-17-14-20-22(23(29-16(3)26)21(17)24(27)28-6)18-13-15(2)11-12-19(18)25(4,5)30-20/h11,14,18-19H,7-10,12-13H2,1-6H3/t18-,19-/m1/s1. The molecule has 1 aromatic carbocycles. The van der Waals surface area contributed by atoms with Gasteiger partial charge < -0.3 is 14.2 Å². The molecule has 0 fully saturated rings. The van der Waals surface area contributed by atoms with Crippen LogP contribution < -0.4 is 9.47 Å². The van der Waals surface area contributed by atoms with Gasteiger partial charge in [-0.05, 0) is 58.1 Å². The molecule has 1 aliphatic carbocycles. The Balaban J connectivity index is 2.25. The number of unbranched alkanes of at least 4 members (excludes halogenated alkanes) is 2. The Hall–Kier alpha value is -2.30. The van der Waals surface area contributed by atoms with Crippen molar-refractivity contribution in [1.29, 1.82) is 0 Å². The van der Waals surface area contributed by atoms with Crippen molar-refractivity contribution in [3.63, 3.8) is 0 Å². The minimum absolute atomic E-state index is 0.121. The molecular formula is C25H34O5. The van der Waals surface area contributed by atoms with Crippen LogP contribution in [0.4, 0.5) is 0 Å². The number of aryl methyl sites for hydroxylation is 1. The third kappa shape index (κ3) is 4.26. The zero-order valence-electron chi connectivity index (χ0n) is 19.1. The Kier molecular flexibility index (Phi) is 6.59. The molecule has 2 aliphatic rings. The van der Waals surface area contributed by atoms with Gasteiger partial charge in [-0.15, -0.1) is 0 Å². The molecule has 0 saturated carbocycles. The van der Waals surface area contributed by atoms with Crippen molar-refractivity contribution < 1.29 is 23.8 Å². The fourth-order valence-electron chi connectivity index (χ4n) is 4.97. The summed E-state index contributed by atoms with van der Waals surface area (Å²) >= 11 is 0. The Morgan fingerprint density at radius 2 is 2.00 bits per heavy atom. The lowest BCUT2D eigenvalue weighted by molar-refractivity contribution is -0.132. The van der Waals surface area contributed by atoms with Gasteiger partial charge in [0.2, 0.25) is 0 Å². The van der Waals surface area contributed by atoms with Crippen molar-refractivity contribution in [3.8, 4) is 11.5 Å². The normalized spacial score (nSPS) is 21.6. The van der Waals surface area contributed by atoms with Crippen molar-refractivity contribution in [2.24, 2.45) is 5.92 Å². The van der Waals surface area contributed by atoms with E-state index in [2.05, 4.69) is 33.8 Å². The highest BCUT2D eigenvalue weighted by Gasteiger charge is 2.47. The second kappa shape index (κ2) is 8.83. The average molecular weight is 415 g/mol. The summed E-state index contributed by atoms with van der Waals surface area (Å²) in [5.41, 5.74) is 2.98. The number of rotatable bonds is 6. The van der Waals surface area contributed by atoms with Crippen LogP contribution in [0.5, 0.6) is 11.5 Å². The molecule has 0 saturated heterocycles. The molecule has 0 unspecified atom stereocenters. The summed E-state index contributed by atoms with van der Waals surface area (Å²) in [6.45, 7) is 9.89. The molecule has 0 radical (unpaired) electrons. The maximum atomic E-state index is 12.8. The molecule has 5 nitrogen and oxygen atoms in total. The molecule has 3 rings (SSSR count). The van der Waals surface area contributed by atoms with Gasteiger partial charge in [-0.3, -0.25) is 4.79 Å². The first-order valence-corrected chi connectivity index (χ1v) is 11.0. The molecule has 2 atom stereocenters. The van der Waals surface area contributed by atoms with E-state index in [0.717, 1.165) is 49.0 Å². The number of benzene rings is 1. The van der Waals surface area contributed by atoms with Gasteiger partial charge in [0.05, 0.1) is 7.11 Å². The fraction of sp³-hybridized carbons (Fsp3) is 0.600. The second-order valence-corrected chi connectivity index (χ2v) is 9.10. The van der Waals surface area contributed by atoms with E-state index in [1.165, 1.54) is 19.6 Å². The first-order chi connectivity index (χ1) is 14.2. The third-order valence-electron chi connectivity index (χ3n) is 6.43. The van der Waals surface area contributed by atoms with Crippen LogP contribution in [0, 0.1) is 5.92 Å². The van der Waals surface area contributed by atoms with Crippen LogP contribution in [0.1, 0.15) is 94.1 Å². The molecule has 0 amide bonds. The van der Waals surface area contributed by atoms with Crippen LogP contribution in [0.25, 0.3) is 0 Å². The largest absolute Gasteiger partial charge is 0.487 e. The van der Waals surface area contributed by atoms with E-state index in [0.29, 0.717) is 17.7 Å². The van der Waals surface area contributed by atoms with Crippen molar-refractivity contribution in [1.82, 2.24) is 0 Å². The lowest BCUT2D eigenvalue weighted by atomic mass is 9.66. The summed E-state index contributed by atoms with van der Waals surface area (Å²) < 4.78 is 17.3. The highest BCUT2D eigenvalue weighted by molar-refractivity contribution is 5.96. The molecule has 0 aromatic heterocycles. The van der Waals surface area contributed by atoms with Gasteiger partial charge in [-0.25, -0.2) is 4.79 Å². The number of esters is 2. The lowest BCUT2D eigenvalue weighted by Crippen LogP contribution is -2.45. The first-order valence-electron chi connectivity index (χ1n) is 11.0. The minimum Gasteiger partial charge on any atom is -0.487 e. The predicted molar refractivity (Wildman–Crippen MR) is 116 cm³/mol. The summed E-state index contributed by atoms with van der Waals surface area (Å²) in [5, 5.41) is 0. The smallest absolute Gasteiger partial charge is 0.341 e. The Bertz CT molecular complexity index is 865. The molecule has 1 heterocycles. The van der Waals surface area contributed by atoms with E-state index >= 15 is 0 Å². The van der Waals surface area contributed by atoms with Crippen molar-refractivity contribution >= 4 is 11.9 Å². The molecule has 0 spiro atoms. The van der Waals surface area contributed by atoms with Gasteiger partial charge in [0.25, 0.3) is 0 Å². The van der Waals surface area contributed by atoms with Gasteiger partial charge in [-0.1, -0.05) is 31.4 Å². The van der Waals surface area contributed by atoms with Crippen LogP contribution in [0.2, 0.25) is 0 Å². The number of carbonyl (C=O) groups excluding carboxylic acids is 2. The third-order valence-corrected chi connectivity index (χ3v) is 6.43. The van der Waals surface area contributed by atoms with E-state index in [-0.39, 0.29) is 17.4 Å². The number of fused-ring (bicyclic) bond motifs is 3. The molecule has 30 heavy (non-hydrogen) atoms. The molecule has 0 N–H and O–H groups in total. The summed E-state index contributed by atoms with van der Waals surface area (Å²) in [6.07, 6.45) is 7.80. The summed E-state index contributed by atoms with van der Waals surface area (Å²) in [4.78, 5) is 24.9. The van der Waals surface area contributed by atoms with Crippen molar-refractivity contribution in [2.75, 3.05) is 7.11 Å². The van der Waals surface area contributed by atoms with Gasteiger partial charge in [0, 0.05) is 24.3 Å². The number of hydrogen-bond acceptors (Lipinski definition) is 5. The second-order valence-electron chi connectivity index (χ2n) is 9.10. The van der Waals surface area contributed by atoms with Gasteiger partial charge in [-0.2, -0.15) is 0 Å². The Morgan fingerprint density at radius 1 is 1.27 bits per heavy atom. The fourth-order valence-corrected chi connectivity index (χ4v) is 4.97. The molecule has 0 bridgehead atoms. The van der Waals surface area contributed by atoms with Gasteiger partial charge >= 0.3 is 11.9 Å². The number of ether oxygens (including phenoxy) is 3. The van der Waals surface area contributed by atoms with Crippen LogP contribution in [-0.4, -0.2) is 24.6 Å². The number of hydrogen-bond donors (Lipinski definition) is 0. The Labute approximate surface area is 179 Å². The average Bonchev–Trinajstić information content (AvgIpc) is 2.66. The maximum Gasteiger partial charge on any atom is 0.341 e. The zero-order valence-corrected chi connectivity index (χ0v) is 19.1. The first kappa shape index (κ1) is 22.4. The van der Waals surface area contributed by atoms with Crippen LogP contribution >= 0.6 is 0 Å².